The number of rotatable bonds is 5. The number of furan rings is 1. The SMILES string of the molecule is Cc1nc2ccccc2c(=O)n1CC(=O)N1CCN(S(=O)(=O)c2ccc(C(N)=O)o2)CC1. The maximum atomic E-state index is 12.8. The highest BCUT2D eigenvalue weighted by Gasteiger charge is 2.32. The number of hydrogen-bond acceptors (Lipinski definition) is 7. The number of carbonyl (C=O) groups is 2. The molecule has 2 amide bonds. The molecule has 0 atom stereocenters. The number of amides is 2. The van der Waals surface area contributed by atoms with Crippen molar-refractivity contribution >= 4 is 32.7 Å². The van der Waals surface area contributed by atoms with Crippen LogP contribution in [0.15, 0.2) is 50.7 Å². The Labute approximate surface area is 183 Å². The van der Waals surface area contributed by atoms with Gasteiger partial charge in [-0.1, -0.05) is 12.1 Å². The molecular formula is C20H21N5O6S. The van der Waals surface area contributed by atoms with Gasteiger partial charge < -0.3 is 15.1 Å². The number of aromatic nitrogens is 2. The van der Waals surface area contributed by atoms with Gasteiger partial charge in [-0.2, -0.15) is 4.31 Å². The normalized spacial score (nSPS) is 15.2. The van der Waals surface area contributed by atoms with Gasteiger partial charge >= 0.3 is 0 Å². The van der Waals surface area contributed by atoms with Crippen molar-refractivity contribution in [2.24, 2.45) is 5.73 Å². The van der Waals surface area contributed by atoms with E-state index >= 15 is 0 Å². The molecule has 0 saturated carbocycles. The molecular weight excluding hydrogens is 438 g/mol. The summed E-state index contributed by atoms with van der Waals surface area (Å²) >= 11 is 0. The summed E-state index contributed by atoms with van der Waals surface area (Å²) in [6.07, 6.45) is 0. The molecule has 0 aliphatic carbocycles. The Morgan fingerprint density at radius 2 is 1.78 bits per heavy atom. The standard InChI is InChI=1S/C20H21N5O6S/c1-13-22-15-5-3-2-4-14(15)20(28)25(13)12-17(26)23-8-10-24(11-9-23)32(29,30)18-7-6-16(31-18)19(21)27/h2-7H,8-12H2,1H3,(H2,21,27). The first-order valence-electron chi connectivity index (χ1n) is 9.82. The molecule has 0 bridgehead atoms. The Morgan fingerprint density at radius 1 is 1.09 bits per heavy atom. The smallest absolute Gasteiger partial charge is 0.284 e. The van der Waals surface area contributed by atoms with E-state index in [4.69, 9.17) is 10.2 Å². The van der Waals surface area contributed by atoms with Crippen LogP contribution in [-0.4, -0.2) is 65.2 Å². The largest absolute Gasteiger partial charge is 0.438 e. The third kappa shape index (κ3) is 3.89. The molecule has 1 fully saturated rings. The van der Waals surface area contributed by atoms with E-state index in [0.717, 1.165) is 0 Å². The van der Waals surface area contributed by atoms with Gasteiger partial charge in [0.1, 0.15) is 12.4 Å². The molecule has 1 aliphatic rings. The molecule has 3 aromatic rings. The molecule has 1 aliphatic heterocycles. The topological polar surface area (TPSA) is 149 Å². The highest BCUT2D eigenvalue weighted by molar-refractivity contribution is 7.89. The van der Waals surface area contributed by atoms with Crippen LogP contribution in [-0.2, 0) is 21.4 Å². The summed E-state index contributed by atoms with van der Waals surface area (Å²) in [5, 5.41) is 0.0473. The quantitative estimate of drug-likeness (QED) is 0.561. The molecule has 168 valence electrons. The number of fused-ring (bicyclic) bond motifs is 1. The van der Waals surface area contributed by atoms with Crippen molar-refractivity contribution in [1.82, 2.24) is 18.8 Å². The van der Waals surface area contributed by atoms with Gasteiger partial charge in [-0.3, -0.25) is 19.0 Å². The third-order valence-corrected chi connectivity index (χ3v) is 7.13. The molecule has 1 aromatic carbocycles. The number of piperazine rings is 1. The zero-order valence-electron chi connectivity index (χ0n) is 17.2. The molecule has 32 heavy (non-hydrogen) atoms. The molecule has 1 saturated heterocycles. The third-order valence-electron chi connectivity index (χ3n) is 5.36. The van der Waals surface area contributed by atoms with Gasteiger partial charge in [0, 0.05) is 26.2 Å². The van der Waals surface area contributed by atoms with Crippen LogP contribution in [0.1, 0.15) is 16.4 Å². The lowest BCUT2D eigenvalue weighted by Gasteiger charge is -2.33. The molecule has 2 N–H and O–H groups in total. The lowest BCUT2D eigenvalue weighted by atomic mass is 10.2. The molecule has 0 unspecified atom stereocenters. The summed E-state index contributed by atoms with van der Waals surface area (Å²) in [5.74, 6) is -0.998. The van der Waals surface area contributed by atoms with E-state index in [0.29, 0.717) is 16.7 Å². The van der Waals surface area contributed by atoms with Crippen LogP contribution >= 0.6 is 0 Å². The minimum absolute atomic E-state index is 0.0462. The number of primary amides is 1. The first-order chi connectivity index (χ1) is 15.2. The molecule has 11 nitrogen and oxygen atoms in total. The summed E-state index contributed by atoms with van der Waals surface area (Å²) in [5.41, 5.74) is 5.37. The van der Waals surface area contributed by atoms with E-state index in [9.17, 15) is 22.8 Å². The second-order valence-electron chi connectivity index (χ2n) is 7.34. The number of nitrogens with zero attached hydrogens (tertiary/aromatic N) is 4. The summed E-state index contributed by atoms with van der Waals surface area (Å²) in [6, 6.07) is 9.29. The fraction of sp³-hybridized carbons (Fsp3) is 0.300. The summed E-state index contributed by atoms with van der Waals surface area (Å²) in [6.45, 7) is 1.87. The Hall–Kier alpha value is -3.51. The fourth-order valence-electron chi connectivity index (χ4n) is 3.60. The lowest BCUT2D eigenvalue weighted by Crippen LogP contribution is -2.51. The maximum absolute atomic E-state index is 12.8. The van der Waals surface area contributed by atoms with E-state index < -0.39 is 15.9 Å². The Kier molecular flexibility index (Phi) is 5.57. The number of benzene rings is 1. The van der Waals surface area contributed by atoms with Crippen molar-refractivity contribution in [2.45, 2.75) is 18.6 Å². The Bertz CT molecular complexity index is 1370. The Balaban J connectivity index is 1.45. The van der Waals surface area contributed by atoms with Gasteiger partial charge in [0.25, 0.3) is 21.5 Å². The van der Waals surface area contributed by atoms with Crippen molar-refractivity contribution in [2.75, 3.05) is 26.2 Å². The molecule has 12 heteroatoms. The van der Waals surface area contributed by atoms with Crippen LogP contribution in [0.5, 0.6) is 0 Å². The second-order valence-corrected chi connectivity index (χ2v) is 9.20. The first-order valence-corrected chi connectivity index (χ1v) is 11.3. The molecule has 0 spiro atoms. The van der Waals surface area contributed by atoms with E-state index in [1.54, 1.807) is 31.2 Å². The minimum Gasteiger partial charge on any atom is -0.438 e. The van der Waals surface area contributed by atoms with Crippen LogP contribution in [0.25, 0.3) is 10.9 Å². The molecule has 4 rings (SSSR count). The summed E-state index contributed by atoms with van der Waals surface area (Å²) in [4.78, 5) is 42.6. The lowest BCUT2D eigenvalue weighted by molar-refractivity contribution is -0.133. The van der Waals surface area contributed by atoms with Crippen molar-refractivity contribution in [1.29, 1.82) is 0 Å². The van der Waals surface area contributed by atoms with Crippen molar-refractivity contribution in [3.8, 4) is 0 Å². The summed E-state index contributed by atoms with van der Waals surface area (Å²) in [7, 11) is -3.96. The van der Waals surface area contributed by atoms with E-state index in [2.05, 4.69) is 4.98 Å². The average molecular weight is 459 g/mol. The minimum atomic E-state index is -3.96. The molecule has 3 heterocycles. The van der Waals surface area contributed by atoms with Crippen LogP contribution in [0.3, 0.4) is 0 Å². The monoisotopic (exact) mass is 459 g/mol. The molecule has 2 aromatic heterocycles. The van der Waals surface area contributed by atoms with Gasteiger partial charge in [0.2, 0.25) is 11.0 Å². The predicted octanol–water partition coefficient (Wildman–Crippen LogP) is -0.0701. The number of nitrogens with two attached hydrogens (primary N) is 1. The average Bonchev–Trinajstić information content (AvgIpc) is 3.28. The number of aryl methyl sites for hydroxylation is 1. The zero-order valence-corrected chi connectivity index (χ0v) is 18.0. The van der Waals surface area contributed by atoms with Gasteiger partial charge in [0.05, 0.1) is 10.9 Å². The number of para-hydroxylation sites is 1. The van der Waals surface area contributed by atoms with E-state index in [-0.39, 0.29) is 55.0 Å². The Morgan fingerprint density at radius 3 is 2.44 bits per heavy atom. The first kappa shape index (κ1) is 21.7. The molecule has 0 radical (unpaired) electrons. The van der Waals surface area contributed by atoms with Crippen LogP contribution < -0.4 is 11.3 Å². The highest BCUT2D eigenvalue weighted by atomic mass is 32.2. The van der Waals surface area contributed by atoms with Gasteiger partial charge in [-0.25, -0.2) is 13.4 Å². The predicted molar refractivity (Wildman–Crippen MR) is 113 cm³/mol. The zero-order chi connectivity index (χ0) is 23.0. The van der Waals surface area contributed by atoms with Crippen molar-refractivity contribution < 1.29 is 22.4 Å². The van der Waals surface area contributed by atoms with Gasteiger partial charge in [-0.15, -0.1) is 0 Å². The summed E-state index contributed by atoms with van der Waals surface area (Å²) < 4.78 is 33.0. The van der Waals surface area contributed by atoms with Gasteiger partial charge in [-0.05, 0) is 31.2 Å². The van der Waals surface area contributed by atoms with Gasteiger partial charge in [0.15, 0.2) is 5.76 Å². The van der Waals surface area contributed by atoms with Crippen LogP contribution in [0.2, 0.25) is 0 Å². The van der Waals surface area contributed by atoms with E-state index in [1.807, 2.05) is 0 Å². The van der Waals surface area contributed by atoms with Crippen LogP contribution in [0, 0.1) is 6.92 Å². The highest BCUT2D eigenvalue weighted by Crippen LogP contribution is 2.20. The maximum Gasteiger partial charge on any atom is 0.284 e. The number of carbonyl (C=O) groups excluding carboxylic acids is 2. The van der Waals surface area contributed by atoms with E-state index in [1.165, 1.54) is 25.9 Å². The number of sulfonamides is 1. The fourth-order valence-corrected chi connectivity index (χ4v) is 4.93. The van der Waals surface area contributed by atoms with Crippen molar-refractivity contribution in [3.63, 3.8) is 0 Å². The van der Waals surface area contributed by atoms with Crippen molar-refractivity contribution in [3.05, 3.63) is 58.3 Å². The second kappa shape index (κ2) is 8.20. The van der Waals surface area contributed by atoms with Crippen LogP contribution in [0.4, 0.5) is 0 Å². The number of hydrogen-bond donors (Lipinski definition) is 1.